The second kappa shape index (κ2) is 6.85. The van der Waals surface area contributed by atoms with Crippen molar-refractivity contribution < 1.29 is 9.84 Å². The average molecular weight is 256 g/mol. The van der Waals surface area contributed by atoms with Gasteiger partial charge in [0.1, 0.15) is 0 Å². The minimum Gasteiger partial charge on any atom is -0.396 e. The molecule has 0 bridgehead atoms. The topological polar surface area (TPSA) is 44.7 Å². The number of aliphatic hydroxyl groups excluding tert-OH is 1. The predicted molar refractivity (Wildman–Crippen MR) is 72.7 cm³/mol. The molecule has 0 aromatic rings. The predicted octanol–water partition coefficient (Wildman–Crippen LogP) is 0.707. The lowest BCUT2D eigenvalue weighted by Gasteiger charge is -2.40. The summed E-state index contributed by atoms with van der Waals surface area (Å²) in [5.41, 5.74) is 0.307. The van der Waals surface area contributed by atoms with Crippen molar-refractivity contribution in [3.8, 4) is 0 Å². The molecule has 2 rings (SSSR count). The maximum atomic E-state index is 9.02. The van der Waals surface area contributed by atoms with E-state index in [2.05, 4.69) is 10.2 Å². The summed E-state index contributed by atoms with van der Waals surface area (Å²) in [5, 5.41) is 12.4. The Bertz CT molecular complexity index is 236. The lowest BCUT2D eigenvalue weighted by Crippen LogP contribution is -2.48. The van der Waals surface area contributed by atoms with Crippen molar-refractivity contribution in [3.63, 3.8) is 0 Å². The smallest absolute Gasteiger partial charge is 0.0546 e. The first-order chi connectivity index (χ1) is 8.78. The van der Waals surface area contributed by atoms with Crippen LogP contribution in [0.1, 0.15) is 25.7 Å². The molecule has 2 atom stereocenters. The molecule has 0 radical (unpaired) electrons. The normalized spacial score (nSPS) is 34.0. The van der Waals surface area contributed by atoms with Gasteiger partial charge in [0.15, 0.2) is 0 Å². The Morgan fingerprint density at radius 1 is 1.50 bits per heavy atom. The second-order valence-electron chi connectivity index (χ2n) is 6.09. The lowest BCUT2D eigenvalue weighted by molar-refractivity contribution is -0.0227. The van der Waals surface area contributed by atoms with E-state index in [0.717, 1.165) is 39.3 Å². The summed E-state index contributed by atoms with van der Waals surface area (Å²) < 4.78 is 5.72. The van der Waals surface area contributed by atoms with Crippen LogP contribution >= 0.6 is 0 Å². The van der Waals surface area contributed by atoms with Crippen molar-refractivity contribution in [1.29, 1.82) is 0 Å². The third-order valence-electron chi connectivity index (χ3n) is 4.42. The van der Waals surface area contributed by atoms with Gasteiger partial charge in [-0.2, -0.15) is 0 Å². The van der Waals surface area contributed by atoms with E-state index in [1.807, 2.05) is 7.05 Å². The molecule has 0 saturated carbocycles. The first-order valence-corrected chi connectivity index (χ1v) is 7.33. The number of hydrogen-bond donors (Lipinski definition) is 2. The lowest BCUT2D eigenvalue weighted by atomic mass is 9.82. The highest BCUT2D eigenvalue weighted by atomic mass is 16.5. The van der Waals surface area contributed by atoms with Crippen LogP contribution in [-0.2, 0) is 4.74 Å². The molecule has 4 nitrogen and oxygen atoms in total. The van der Waals surface area contributed by atoms with Crippen molar-refractivity contribution in [3.05, 3.63) is 0 Å². The number of nitrogens with one attached hydrogen (secondary N) is 1. The summed E-state index contributed by atoms with van der Waals surface area (Å²) in [6.45, 7) is 6.71. The largest absolute Gasteiger partial charge is 0.396 e. The summed E-state index contributed by atoms with van der Waals surface area (Å²) in [5.74, 6) is 0.700. The molecule has 0 aromatic carbocycles. The van der Waals surface area contributed by atoms with Crippen LogP contribution < -0.4 is 5.32 Å². The number of ether oxygens (including phenoxy) is 1. The third kappa shape index (κ3) is 3.67. The number of nitrogens with zero attached hydrogens (tertiary/aromatic N) is 1. The zero-order chi connectivity index (χ0) is 12.8. The zero-order valence-electron chi connectivity index (χ0n) is 11.7. The summed E-state index contributed by atoms with van der Waals surface area (Å²) in [6, 6.07) is 0. The minimum absolute atomic E-state index is 0.307. The maximum absolute atomic E-state index is 9.02. The SMILES string of the molecule is CNCC1(CN2CCC(CCO)C2)CCCOC1. The third-order valence-corrected chi connectivity index (χ3v) is 4.42. The molecule has 4 heteroatoms. The Morgan fingerprint density at radius 2 is 2.39 bits per heavy atom. The summed E-state index contributed by atoms with van der Waals surface area (Å²) in [4.78, 5) is 2.58. The van der Waals surface area contributed by atoms with E-state index in [1.54, 1.807) is 0 Å². The van der Waals surface area contributed by atoms with E-state index in [4.69, 9.17) is 9.84 Å². The standard InChI is InChI=1S/C14H28N2O2/c1-15-10-14(5-2-8-18-12-14)11-16-6-3-13(9-16)4-7-17/h13,15,17H,2-12H2,1H3. The molecule has 0 spiro atoms. The van der Waals surface area contributed by atoms with E-state index >= 15 is 0 Å². The van der Waals surface area contributed by atoms with E-state index in [0.29, 0.717) is 17.9 Å². The van der Waals surface area contributed by atoms with Crippen molar-refractivity contribution in [2.45, 2.75) is 25.7 Å². The first-order valence-electron chi connectivity index (χ1n) is 7.33. The van der Waals surface area contributed by atoms with E-state index < -0.39 is 0 Å². The van der Waals surface area contributed by atoms with Crippen LogP contribution in [0, 0.1) is 11.3 Å². The Hall–Kier alpha value is -0.160. The van der Waals surface area contributed by atoms with Gasteiger partial charge in [0, 0.05) is 38.3 Å². The monoisotopic (exact) mass is 256 g/mol. The fraction of sp³-hybridized carbons (Fsp3) is 1.00. The fourth-order valence-electron chi connectivity index (χ4n) is 3.55. The molecule has 18 heavy (non-hydrogen) atoms. The summed E-state index contributed by atoms with van der Waals surface area (Å²) >= 11 is 0. The van der Waals surface area contributed by atoms with Crippen LogP contribution in [0.3, 0.4) is 0 Å². The minimum atomic E-state index is 0.307. The molecule has 0 aliphatic carbocycles. The highest BCUT2D eigenvalue weighted by Gasteiger charge is 2.36. The number of hydrogen-bond acceptors (Lipinski definition) is 4. The summed E-state index contributed by atoms with van der Waals surface area (Å²) in [7, 11) is 2.04. The van der Waals surface area contributed by atoms with Crippen LogP contribution in [0.5, 0.6) is 0 Å². The maximum Gasteiger partial charge on any atom is 0.0546 e. The first kappa shape index (κ1) is 14.3. The Balaban J connectivity index is 1.85. The molecule has 2 aliphatic heterocycles. The van der Waals surface area contributed by atoms with Gasteiger partial charge in [-0.15, -0.1) is 0 Å². The van der Waals surface area contributed by atoms with Gasteiger partial charge in [-0.3, -0.25) is 0 Å². The molecule has 2 aliphatic rings. The van der Waals surface area contributed by atoms with Gasteiger partial charge < -0.3 is 20.1 Å². The molecule has 2 heterocycles. The Labute approximate surface area is 111 Å². The molecule has 2 N–H and O–H groups in total. The summed E-state index contributed by atoms with van der Waals surface area (Å²) in [6.07, 6.45) is 4.67. The van der Waals surface area contributed by atoms with Gasteiger partial charge >= 0.3 is 0 Å². The number of aliphatic hydroxyl groups is 1. The van der Waals surface area contributed by atoms with E-state index in [9.17, 15) is 0 Å². The number of likely N-dealkylation sites (tertiary alicyclic amines) is 1. The van der Waals surface area contributed by atoms with Crippen LogP contribution in [0.2, 0.25) is 0 Å². The van der Waals surface area contributed by atoms with Gasteiger partial charge in [0.2, 0.25) is 0 Å². The molecular weight excluding hydrogens is 228 g/mol. The molecule has 2 unspecified atom stereocenters. The highest BCUT2D eigenvalue weighted by molar-refractivity contribution is 4.89. The van der Waals surface area contributed by atoms with Crippen molar-refractivity contribution in [2.24, 2.45) is 11.3 Å². The average Bonchev–Trinajstić information content (AvgIpc) is 2.78. The fourth-order valence-corrected chi connectivity index (χ4v) is 3.55. The van der Waals surface area contributed by atoms with Crippen molar-refractivity contribution >= 4 is 0 Å². The van der Waals surface area contributed by atoms with Gasteiger partial charge in [-0.05, 0) is 45.2 Å². The van der Waals surface area contributed by atoms with E-state index in [1.165, 1.54) is 25.8 Å². The second-order valence-corrected chi connectivity index (χ2v) is 6.09. The zero-order valence-corrected chi connectivity index (χ0v) is 11.7. The van der Waals surface area contributed by atoms with Gasteiger partial charge in [-0.25, -0.2) is 0 Å². The Morgan fingerprint density at radius 3 is 3.06 bits per heavy atom. The van der Waals surface area contributed by atoms with Gasteiger partial charge in [0.05, 0.1) is 6.61 Å². The van der Waals surface area contributed by atoms with Crippen molar-refractivity contribution in [1.82, 2.24) is 10.2 Å². The molecule has 2 fully saturated rings. The number of rotatable bonds is 6. The molecular formula is C14H28N2O2. The van der Waals surface area contributed by atoms with Gasteiger partial charge in [0.25, 0.3) is 0 Å². The van der Waals surface area contributed by atoms with Crippen LogP contribution in [0.15, 0.2) is 0 Å². The van der Waals surface area contributed by atoms with Gasteiger partial charge in [-0.1, -0.05) is 0 Å². The van der Waals surface area contributed by atoms with E-state index in [-0.39, 0.29) is 0 Å². The van der Waals surface area contributed by atoms with Crippen LogP contribution in [-0.4, -0.2) is 63.1 Å². The quantitative estimate of drug-likeness (QED) is 0.734. The molecule has 0 aromatic heterocycles. The molecule has 0 amide bonds. The Kier molecular flexibility index (Phi) is 5.42. The van der Waals surface area contributed by atoms with Crippen molar-refractivity contribution in [2.75, 3.05) is 53.0 Å². The molecule has 2 saturated heterocycles. The molecule has 106 valence electrons. The van der Waals surface area contributed by atoms with Crippen LogP contribution in [0.4, 0.5) is 0 Å². The van der Waals surface area contributed by atoms with Crippen LogP contribution in [0.25, 0.3) is 0 Å². The highest BCUT2D eigenvalue weighted by Crippen LogP contribution is 2.31.